The van der Waals surface area contributed by atoms with Gasteiger partial charge in [-0.05, 0) is 49.7 Å². The minimum Gasteiger partial charge on any atom is -0.293 e. The molecule has 23 heavy (non-hydrogen) atoms. The molecule has 0 N–H and O–H groups in total. The first-order valence-corrected chi connectivity index (χ1v) is 8.94. The Labute approximate surface area is 143 Å². The molecule has 0 atom stereocenters. The Morgan fingerprint density at radius 2 is 1.65 bits per heavy atom. The monoisotopic (exact) mass is 311 g/mol. The van der Waals surface area contributed by atoms with Crippen LogP contribution in [-0.2, 0) is 0 Å². The Morgan fingerprint density at radius 3 is 2.30 bits per heavy atom. The third-order valence-corrected chi connectivity index (χ3v) is 4.30. The van der Waals surface area contributed by atoms with E-state index in [0.717, 1.165) is 6.54 Å². The third-order valence-electron chi connectivity index (χ3n) is 4.30. The van der Waals surface area contributed by atoms with Crippen molar-refractivity contribution in [2.45, 2.75) is 59.8 Å². The highest BCUT2D eigenvalue weighted by Crippen LogP contribution is 2.40. The van der Waals surface area contributed by atoms with E-state index < -0.39 is 0 Å². The molecule has 1 heteroatoms. The zero-order valence-corrected chi connectivity index (χ0v) is 15.4. The summed E-state index contributed by atoms with van der Waals surface area (Å²) in [6, 6.07) is 0. The van der Waals surface area contributed by atoms with Crippen molar-refractivity contribution in [2.24, 2.45) is 10.4 Å². The van der Waals surface area contributed by atoms with Crippen molar-refractivity contribution < 1.29 is 0 Å². The number of aliphatic imine (C=N–C) groups is 1. The molecule has 1 aliphatic rings. The first-order valence-electron chi connectivity index (χ1n) is 8.94. The molecule has 1 aliphatic carbocycles. The van der Waals surface area contributed by atoms with E-state index in [1.807, 2.05) is 30.5 Å². The van der Waals surface area contributed by atoms with Crippen LogP contribution in [0.4, 0.5) is 0 Å². The molecule has 1 rings (SSSR count). The summed E-state index contributed by atoms with van der Waals surface area (Å²) in [6.45, 7) is 10.1. The maximum absolute atomic E-state index is 4.30. The molecule has 0 radical (unpaired) electrons. The fraction of sp³-hybridized carbons (Fsp3) is 0.500. The van der Waals surface area contributed by atoms with Crippen molar-refractivity contribution in [3.05, 3.63) is 59.8 Å². The molecule has 0 bridgehead atoms. The lowest BCUT2D eigenvalue weighted by molar-refractivity contribution is 0.377. The Hall–Kier alpha value is -1.63. The van der Waals surface area contributed by atoms with E-state index in [0.29, 0.717) is 5.41 Å². The number of hydrogen-bond donors (Lipinski definition) is 0. The van der Waals surface area contributed by atoms with E-state index in [1.165, 1.54) is 37.7 Å². The van der Waals surface area contributed by atoms with Gasteiger partial charge in [0.2, 0.25) is 0 Å². The van der Waals surface area contributed by atoms with Gasteiger partial charge in [0.15, 0.2) is 0 Å². The van der Waals surface area contributed by atoms with Crippen LogP contribution in [0.2, 0.25) is 0 Å². The second-order valence-electron chi connectivity index (χ2n) is 6.85. The van der Waals surface area contributed by atoms with Crippen molar-refractivity contribution >= 4 is 6.21 Å². The smallest absolute Gasteiger partial charge is 0.0389 e. The molecule has 0 aromatic heterocycles. The van der Waals surface area contributed by atoms with Crippen molar-refractivity contribution in [1.29, 1.82) is 0 Å². The Kier molecular flexibility index (Phi) is 9.28. The summed E-state index contributed by atoms with van der Waals surface area (Å²) in [5.74, 6) is 0. The number of nitrogens with zero attached hydrogens (tertiary/aromatic N) is 1. The molecule has 0 fully saturated rings. The summed E-state index contributed by atoms with van der Waals surface area (Å²) in [6.07, 6.45) is 24.8. The van der Waals surface area contributed by atoms with Gasteiger partial charge < -0.3 is 0 Å². The van der Waals surface area contributed by atoms with E-state index in [-0.39, 0.29) is 0 Å². The van der Waals surface area contributed by atoms with Crippen LogP contribution in [0.15, 0.2) is 64.7 Å². The van der Waals surface area contributed by atoms with Gasteiger partial charge in [-0.3, -0.25) is 4.99 Å². The summed E-state index contributed by atoms with van der Waals surface area (Å²) >= 11 is 0. The number of rotatable bonds is 8. The van der Waals surface area contributed by atoms with E-state index in [1.54, 1.807) is 5.57 Å². The Balaban J connectivity index is 2.40. The van der Waals surface area contributed by atoms with Crippen LogP contribution in [0.5, 0.6) is 0 Å². The van der Waals surface area contributed by atoms with Gasteiger partial charge in [-0.25, -0.2) is 0 Å². The molecule has 0 saturated heterocycles. The average molecular weight is 312 g/mol. The van der Waals surface area contributed by atoms with Gasteiger partial charge in [0.25, 0.3) is 0 Å². The zero-order valence-electron chi connectivity index (χ0n) is 15.4. The van der Waals surface area contributed by atoms with Gasteiger partial charge >= 0.3 is 0 Å². The molecule has 0 aromatic carbocycles. The summed E-state index contributed by atoms with van der Waals surface area (Å²) in [4.78, 5) is 4.30. The molecule has 0 spiro atoms. The largest absolute Gasteiger partial charge is 0.293 e. The van der Waals surface area contributed by atoms with Crippen LogP contribution in [-0.4, -0.2) is 12.8 Å². The van der Waals surface area contributed by atoms with Crippen molar-refractivity contribution in [3.63, 3.8) is 0 Å². The third kappa shape index (κ3) is 7.97. The molecule has 0 amide bonds. The van der Waals surface area contributed by atoms with E-state index in [2.05, 4.69) is 57.0 Å². The molecule has 0 heterocycles. The summed E-state index contributed by atoms with van der Waals surface area (Å²) in [5, 5.41) is 0. The van der Waals surface area contributed by atoms with Crippen molar-refractivity contribution in [2.75, 3.05) is 6.54 Å². The van der Waals surface area contributed by atoms with Gasteiger partial charge in [-0.1, -0.05) is 75.3 Å². The molecule has 1 nitrogen and oxygen atoms in total. The first kappa shape index (κ1) is 19.4. The first-order chi connectivity index (χ1) is 11.1. The highest BCUT2D eigenvalue weighted by atomic mass is 14.7. The lowest BCUT2D eigenvalue weighted by Crippen LogP contribution is -2.18. The molecule has 0 aliphatic heterocycles. The topological polar surface area (TPSA) is 12.4 Å². The van der Waals surface area contributed by atoms with Crippen molar-refractivity contribution in [1.82, 2.24) is 0 Å². The SMILES string of the molecule is CCCCN=C/C=C/C=C/C=C/C=C/C1=C(C)CCCC1(C)C. The van der Waals surface area contributed by atoms with Crippen LogP contribution in [0.1, 0.15) is 59.8 Å². The fourth-order valence-electron chi connectivity index (χ4n) is 2.92. The summed E-state index contributed by atoms with van der Waals surface area (Å²) in [5.41, 5.74) is 3.38. The molecule has 0 unspecified atom stereocenters. The standard InChI is InChI=1S/C22H33N/c1-5-6-18-23-19-13-11-9-7-8-10-12-16-21-20(2)15-14-17-22(21,3)4/h7-13,16,19H,5-6,14-15,17-18H2,1-4H3/b9-7+,10-8+,13-11+,16-12+,23-19?. The molecule has 0 saturated carbocycles. The predicted octanol–water partition coefficient (Wildman–Crippen LogP) is 6.61. The van der Waals surface area contributed by atoms with E-state index in [4.69, 9.17) is 0 Å². The predicted molar refractivity (Wildman–Crippen MR) is 105 cm³/mol. The second kappa shape index (κ2) is 11.0. The quantitative estimate of drug-likeness (QED) is 0.272. The van der Waals surface area contributed by atoms with Crippen LogP contribution in [0.25, 0.3) is 0 Å². The normalized spacial score (nSPS) is 19.5. The number of hydrogen-bond acceptors (Lipinski definition) is 1. The average Bonchev–Trinajstić information content (AvgIpc) is 2.50. The minimum absolute atomic E-state index is 0.322. The summed E-state index contributed by atoms with van der Waals surface area (Å²) in [7, 11) is 0. The van der Waals surface area contributed by atoms with Gasteiger partial charge in [-0.15, -0.1) is 0 Å². The van der Waals surface area contributed by atoms with Crippen molar-refractivity contribution in [3.8, 4) is 0 Å². The van der Waals surface area contributed by atoms with Gasteiger partial charge in [0.1, 0.15) is 0 Å². The highest BCUT2D eigenvalue weighted by Gasteiger charge is 2.26. The van der Waals surface area contributed by atoms with Crippen LogP contribution in [0, 0.1) is 5.41 Å². The van der Waals surface area contributed by atoms with Gasteiger partial charge in [0, 0.05) is 12.8 Å². The fourth-order valence-corrected chi connectivity index (χ4v) is 2.92. The number of allylic oxidation sites excluding steroid dienone is 10. The molecule has 0 aromatic rings. The van der Waals surface area contributed by atoms with E-state index in [9.17, 15) is 0 Å². The maximum atomic E-state index is 4.30. The Morgan fingerprint density at radius 1 is 1.00 bits per heavy atom. The van der Waals surface area contributed by atoms with E-state index >= 15 is 0 Å². The highest BCUT2D eigenvalue weighted by molar-refractivity contribution is 5.71. The molecule has 126 valence electrons. The van der Waals surface area contributed by atoms with Gasteiger partial charge in [0.05, 0.1) is 0 Å². The number of unbranched alkanes of at least 4 members (excludes halogenated alkanes) is 1. The van der Waals surface area contributed by atoms with Crippen LogP contribution in [0.3, 0.4) is 0 Å². The Bertz CT molecular complexity index is 510. The van der Waals surface area contributed by atoms with Crippen LogP contribution >= 0.6 is 0 Å². The second-order valence-corrected chi connectivity index (χ2v) is 6.85. The maximum Gasteiger partial charge on any atom is 0.0389 e. The zero-order chi connectivity index (χ0) is 17.0. The molecular formula is C22H33N. The van der Waals surface area contributed by atoms with Crippen LogP contribution < -0.4 is 0 Å². The lowest BCUT2D eigenvalue weighted by atomic mass is 9.73. The lowest BCUT2D eigenvalue weighted by Gasteiger charge is -2.32. The minimum atomic E-state index is 0.322. The summed E-state index contributed by atoms with van der Waals surface area (Å²) < 4.78 is 0. The molecular weight excluding hydrogens is 278 g/mol. The van der Waals surface area contributed by atoms with Gasteiger partial charge in [-0.2, -0.15) is 0 Å².